The standard InChI is InChI=1S/C21H24ClNO3/c1-2-25-19-11-10-16(21(24)23-12-6-3-7-13-23)14-17(19)15-26-20-9-5-4-8-18(20)22/h4-5,8-11,14H,2-3,6-7,12-13,15H2,1H3. The van der Waals surface area contributed by atoms with Crippen LogP contribution in [0.5, 0.6) is 11.5 Å². The van der Waals surface area contributed by atoms with Gasteiger partial charge in [-0.3, -0.25) is 4.79 Å². The Morgan fingerprint density at radius 2 is 1.81 bits per heavy atom. The number of para-hydroxylation sites is 1. The van der Waals surface area contributed by atoms with Crippen LogP contribution in [-0.4, -0.2) is 30.5 Å². The van der Waals surface area contributed by atoms with E-state index in [0.29, 0.717) is 29.5 Å². The third-order valence-electron chi connectivity index (χ3n) is 4.47. The number of nitrogens with zero attached hydrogens (tertiary/aromatic N) is 1. The summed E-state index contributed by atoms with van der Waals surface area (Å²) in [5.74, 6) is 1.42. The van der Waals surface area contributed by atoms with Crippen molar-refractivity contribution in [1.29, 1.82) is 0 Å². The fraction of sp³-hybridized carbons (Fsp3) is 0.381. The van der Waals surface area contributed by atoms with E-state index >= 15 is 0 Å². The van der Waals surface area contributed by atoms with Gasteiger partial charge < -0.3 is 14.4 Å². The summed E-state index contributed by atoms with van der Waals surface area (Å²) in [5.41, 5.74) is 1.52. The van der Waals surface area contributed by atoms with Crippen molar-refractivity contribution in [3.05, 3.63) is 58.6 Å². The predicted molar refractivity (Wildman–Crippen MR) is 103 cm³/mol. The zero-order valence-corrected chi connectivity index (χ0v) is 15.8. The van der Waals surface area contributed by atoms with Gasteiger partial charge in [-0.05, 0) is 56.5 Å². The van der Waals surface area contributed by atoms with Crippen LogP contribution in [0.2, 0.25) is 5.02 Å². The molecule has 1 heterocycles. The molecule has 4 nitrogen and oxygen atoms in total. The Bertz CT molecular complexity index is 757. The summed E-state index contributed by atoms with van der Waals surface area (Å²) in [6.45, 7) is 4.44. The van der Waals surface area contributed by atoms with Gasteiger partial charge in [0.05, 0.1) is 11.6 Å². The molecule has 0 spiro atoms. The van der Waals surface area contributed by atoms with Crippen LogP contribution in [-0.2, 0) is 6.61 Å². The Balaban J connectivity index is 1.79. The number of halogens is 1. The van der Waals surface area contributed by atoms with E-state index in [4.69, 9.17) is 21.1 Å². The summed E-state index contributed by atoms with van der Waals surface area (Å²) < 4.78 is 11.6. The van der Waals surface area contributed by atoms with Gasteiger partial charge in [0.1, 0.15) is 18.1 Å². The molecule has 0 saturated carbocycles. The fourth-order valence-electron chi connectivity index (χ4n) is 3.12. The molecule has 3 rings (SSSR count). The van der Waals surface area contributed by atoms with Gasteiger partial charge in [0.2, 0.25) is 0 Å². The molecule has 5 heteroatoms. The molecule has 0 aliphatic carbocycles. The molecule has 138 valence electrons. The number of rotatable bonds is 6. The lowest BCUT2D eigenvalue weighted by molar-refractivity contribution is 0.0724. The summed E-state index contributed by atoms with van der Waals surface area (Å²) in [6, 6.07) is 12.9. The molecule has 1 fully saturated rings. The highest BCUT2D eigenvalue weighted by molar-refractivity contribution is 6.32. The Hall–Kier alpha value is -2.20. The van der Waals surface area contributed by atoms with Crippen molar-refractivity contribution in [1.82, 2.24) is 4.90 Å². The first-order chi connectivity index (χ1) is 12.7. The van der Waals surface area contributed by atoms with Crippen molar-refractivity contribution in [3.63, 3.8) is 0 Å². The van der Waals surface area contributed by atoms with Gasteiger partial charge >= 0.3 is 0 Å². The number of piperidine rings is 1. The maximum absolute atomic E-state index is 12.8. The summed E-state index contributed by atoms with van der Waals surface area (Å²) in [6.07, 6.45) is 3.35. The van der Waals surface area contributed by atoms with E-state index in [1.165, 1.54) is 6.42 Å². The molecule has 1 aliphatic heterocycles. The average molecular weight is 374 g/mol. The number of hydrogen-bond acceptors (Lipinski definition) is 3. The van der Waals surface area contributed by atoms with Crippen molar-refractivity contribution < 1.29 is 14.3 Å². The fourth-order valence-corrected chi connectivity index (χ4v) is 3.31. The van der Waals surface area contributed by atoms with E-state index in [1.54, 1.807) is 6.07 Å². The third-order valence-corrected chi connectivity index (χ3v) is 4.78. The van der Waals surface area contributed by atoms with Gasteiger partial charge in [0.15, 0.2) is 0 Å². The predicted octanol–water partition coefficient (Wildman–Crippen LogP) is 4.94. The zero-order chi connectivity index (χ0) is 18.4. The molecular weight excluding hydrogens is 350 g/mol. The number of ether oxygens (including phenoxy) is 2. The van der Waals surface area contributed by atoms with E-state index in [1.807, 2.05) is 48.2 Å². The van der Waals surface area contributed by atoms with Crippen molar-refractivity contribution in [3.8, 4) is 11.5 Å². The summed E-state index contributed by atoms with van der Waals surface area (Å²) in [7, 11) is 0. The first kappa shape index (κ1) is 18.6. The lowest BCUT2D eigenvalue weighted by Gasteiger charge is -2.27. The van der Waals surface area contributed by atoms with Crippen LogP contribution in [0.15, 0.2) is 42.5 Å². The summed E-state index contributed by atoms with van der Waals surface area (Å²) >= 11 is 6.16. The van der Waals surface area contributed by atoms with Crippen LogP contribution in [0.3, 0.4) is 0 Å². The Morgan fingerprint density at radius 1 is 1.04 bits per heavy atom. The quantitative estimate of drug-likeness (QED) is 0.719. The number of carbonyl (C=O) groups is 1. The van der Waals surface area contributed by atoms with Crippen LogP contribution >= 0.6 is 11.6 Å². The summed E-state index contributed by atoms with van der Waals surface area (Å²) in [5, 5.41) is 0.561. The third kappa shape index (κ3) is 4.50. The van der Waals surface area contributed by atoms with Crippen molar-refractivity contribution in [2.24, 2.45) is 0 Å². The molecule has 2 aromatic rings. The Morgan fingerprint density at radius 3 is 2.54 bits per heavy atom. The van der Waals surface area contributed by atoms with Crippen LogP contribution in [0.4, 0.5) is 0 Å². The van der Waals surface area contributed by atoms with Crippen LogP contribution in [0, 0.1) is 0 Å². The van der Waals surface area contributed by atoms with Gasteiger partial charge in [-0.1, -0.05) is 23.7 Å². The highest BCUT2D eigenvalue weighted by Gasteiger charge is 2.19. The van der Waals surface area contributed by atoms with Crippen LogP contribution in [0.1, 0.15) is 42.1 Å². The first-order valence-electron chi connectivity index (χ1n) is 9.11. The lowest BCUT2D eigenvalue weighted by Crippen LogP contribution is -2.35. The molecule has 2 aromatic carbocycles. The molecule has 0 aromatic heterocycles. The number of benzene rings is 2. The minimum atomic E-state index is 0.0757. The molecule has 1 amide bonds. The Kier molecular flexibility index (Phi) is 6.40. The maximum atomic E-state index is 12.8. The number of hydrogen-bond donors (Lipinski definition) is 0. The molecule has 0 atom stereocenters. The minimum Gasteiger partial charge on any atom is -0.493 e. The first-order valence-corrected chi connectivity index (χ1v) is 9.49. The number of likely N-dealkylation sites (tertiary alicyclic amines) is 1. The SMILES string of the molecule is CCOc1ccc(C(=O)N2CCCCC2)cc1COc1ccccc1Cl. The molecule has 26 heavy (non-hydrogen) atoms. The van der Waals surface area contributed by atoms with Gasteiger partial charge in [-0.25, -0.2) is 0 Å². The molecule has 1 aliphatic rings. The zero-order valence-electron chi connectivity index (χ0n) is 15.0. The molecule has 0 bridgehead atoms. The number of amides is 1. The average Bonchev–Trinajstić information content (AvgIpc) is 2.68. The van der Waals surface area contributed by atoms with E-state index in [2.05, 4.69) is 0 Å². The second-order valence-electron chi connectivity index (χ2n) is 6.33. The minimum absolute atomic E-state index is 0.0757. The highest BCUT2D eigenvalue weighted by Crippen LogP contribution is 2.27. The highest BCUT2D eigenvalue weighted by atomic mass is 35.5. The van der Waals surface area contributed by atoms with Crippen molar-refractivity contribution in [2.45, 2.75) is 32.8 Å². The molecule has 1 saturated heterocycles. The van der Waals surface area contributed by atoms with E-state index in [9.17, 15) is 4.79 Å². The molecule has 0 radical (unpaired) electrons. The Labute approximate surface area is 159 Å². The lowest BCUT2D eigenvalue weighted by atomic mass is 10.1. The normalized spacial score (nSPS) is 14.2. The van der Waals surface area contributed by atoms with Gasteiger partial charge in [-0.2, -0.15) is 0 Å². The van der Waals surface area contributed by atoms with Gasteiger partial charge in [0, 0.05) is 24.2 Å². The second kappa shape index (κ2) is 8.95. The smallest absolute Gasteiger partial charge is 0.253 e. The van der Waals surface area contributed by atoms with Crippen molar-refractivity contribution in [2.75, 3.05) is 19.7 Å². The van der Waals surface area contributed by atoms with Gasteiger partial charge in [0.25, 0.3) is 5.91 Å². The molecule has 0 N–H and O–H groups in total. The number of carbonyl (C=O) groups excluding carboxylic acids is 1. The molecular formula is C21H24ClNO3. The van der Waals surface area contributed by atoms with E-state index in [-0.39, 0.29) is 5.91 Å². The topological polar surface area (TPSA) is 38.8 Å². The molecule has 0 unspecified atom stereocenters. The second-order valence-corrected chi connectivity index (χ2v) is 6.73. The maximum Gasteiger partial charge on any atom is 0.253 e. The van der Waals surface area contributed by atoms with E-state index < -0.39 is 0 Å². The largest absolute Gasteiger partial charge is 0.493 e. The van der Waals surface area contributed by atoms with E-state index in [0.717, 1.165) is 37.2 Å². The van der Waals surface area contributed by atoms with Crippen LogP contribution < -0.4 is 9.47 Å². The van der Waals surface area contributed by atoms with Gasteiger partial charge in [-0.15, -0.1) is 0 Å². The monoisotopic (exact) mass is 373 g/mol. The summed E-state index contributed by atoms with van der Waals surface area (Å²) in [4.78, 5) is 14.7. The van der Waals surface area contributed by atoms with Crippen LogP contribution in [0.25, 0.3) is 0 Å². The van der Waals surface area contributed by atoms with Crippen molar-refractivity contribution >= 4 is 17.5 Å².